The molecule has 1 N–H and O–H groups in total. The molecule has 0 radical (unpaired) electrons. The first kappa shape index (κ1) is 14.1. The molecule has 116 valence electrons. The third-order valence-corrected chi connectivity index (χ3v) is 4.27. The monoisotopic (exact) mass is 325 g/mol. The maximum Gasteiger partial charge on any atom is 0.236 e. The predicted octanol–water partition coefficient (Wildman–Crippen LogP) is 3.04. The van der Waals surface area contributed by atoms with Crippen LogP contribution in [0.5, 0.6) is 0 Å². The zero-order chi connectivity index (χ0) is 15.6. The number of hydrogen-bond donors (Lipinski definition) is 1. The van der Waals surface area contributed by atoms with E-state index >= 15 is 0 Å². The van der Waals surface area contributed by atoms with Crippen molar-refractivity contribution in [2.75, 3.05) is 0 Å². The van der Waals surface area contributed by atoms with Gasteiger partial charge in [0, 0.05) is 37.1 Å². The van der Waals surface area contributed by atoms with Crippen molar-refractivity contribution < 1.29 is 4.42 Å². The highest BCUT2D eigenvalue weighted by Gasteiger charge is 2.07. The number of fused-ring (bicyclic) bond motifs is 1. The number of thiophene rings is 1. The maximum atomic E-state index is 5.51. The highest BCUT2D eigenvalue weighted by molar-refractivity contribution is 7.13. The van der Waals surface area contributed by atoms with Crippen LogP contribution in [0.3, 0.4) is 0 Å². The molecule has 4 aromatic rings. The van der Waals surface area contributed by atoms with Gasteiger partial charge in [-0.2, -0.15) is 5.10 Å². The van der Waals surface area contributed by atoms with Crippen LogP contribution in [0.2, 0.25) is 0 Å². The molecule has 0 aliphatic rings. The van der Waals surface area contributed by atoms with E-state index in [-0.39, 0.29) is 0 Å². The SMILES string of the molecule is Cc1cc2ncc(CNCc3coc(-c4cccs4)n3)cn2n1. The van der Waals surface area contributed by atoms with Crippen molar-refractivity contribution in [2.45, 2.75) is 20.0 Å². The molecule has 0 aliphatic heterocycles. The van der Waals surface area contributed by atoms with Crippen molar-refractivity contribution in [1.29, 1.82) is 0 Å². The van der Waals surface area contributed by atoms with Crippen molar-refractivity contribution >= 4 is 17.0 Å². The summed E-state index contributed by atoms with van der Waals surface area (Å²) in [7, 11) is 0. The number of nitrogens with one attached hydrogen (secondary N) is 1. The predicted molar refractivity (Wildman–Crippen MR) is 88.1 cm³/mol. The lowest BCUT2D eigenvalue weighted by atomic mass is 10.3. The lowest BCUT2D eigenvalue weighted by Crippen LogP contribution is -2.13. The molecule has 4 aromatic heterocycles. The van der Waals surface area contributed by atoms with Gasteiger partial charge in [-0.25, -0.2) is 14.5 Å². The molecule has 0 fully saturated rings. The topological polar surface area (TPSA) is 68.2 Å². The summed E-state index contributed by atoms with van der Waals surface area (Å²) in [5, 5.41) is 9.73. The van der Waals surface area contributed by atoms with E-state index in [0.29, 0.717) is 19.0 Å². The highest BCUT2D eigenvalue weighted by Crippen LogP contribution is 2.23. The molecule has 0 saturated carbocycles. The molecular weight excluding hydrogens is 310 g/mol. The largest absolute Gasteiger partial charge is 0.444 e. The van der Waals surface area contributed by atoms with Gasteiger partial charge in [-0.05, 0) is 18.4 Å². The Bertz CT molecular complexity index is 925. The summed E-state index contributed by atoms with van der Waals surface area (Å²) in [5.41, 5.74) is 3.79. The smallest absolute Gasteiger partial charge is 0.236 e. The van der Waals surface area contributed by atoms with Gasteiger partial charge in [-0.1, -0.05) is 6.07 Å². The summed E-state index contributed by atoms with van der Waals surface area (Å²) >= 11 is 1.62. The van der Waals surface area contributed by atoms with Gasteiger partial charge in [0.15, 0.2) is 5.65 Å². The first-order valence-corrected chi connectivity index (χ1v) is 8.16. The number of oxazole rings is 1. The lowest BCUT2D eigenvalue weighted by molar-refractivity contribution is 0.571. The average molecular weight is 325 g/mol. The van der Waals surface area contributed by atoms with Crippen molar-refractivity contribution in [1.82, 2.24) is 24.9 Å². The van der Waals surface area contributed by atoms with Crippen molar-refractivity contribution in [2.24, 2.45) is 0 Å². The molecule has 23 heavy (non-hydrogen) atoms. The van der Waals surface area contributed by atoms with Crippen LogP contribution in [0.4, 0.5) is 0 Å². The van der Waals surface area contributed by atoms with Crippen LogP contribution in [0.25, 0.3) is 16.4 Å². The fraction of sp³-hybridized carbons (Fsp3) is 0.188. The van der Waals surface area contributed by atoms with E-state index in [1.807, 2.05) is 42.9 Å². The Kier molecular flexibility index (Phi) is 3.64. The minimum absolute atomic E-state index is 0.644. The van der Waals surface area contributed by atoms with E-state index in [4.69, 9.17) is 4.42 Å². The second-order valence-corrected chi connectivity index (χ2v) is 6.22. The maximum absolute atomic E-state index is 5.51. The Labute approximate surface area is 136 Å². The summed E-state index contributed by atoms with van der Waals surface area (Å²) in [6.45, 7) is 3.30. The molecule has 0 bridgehead atoms. The van der Waals surface area contributed by atoms with Gasteiger partial charge >= 0.3 is 0 Å². The van der Waals surface area contributed by atoms with Crippen molar-refractivity contribution in [3.05, 3.63) is 59.2 Å². The highest BCUT2D eigenvalue weighted by atomic mass is 32.1. The Hall–Kier alpha value is -2.51. The van der Waals surface area contributed by atoms with Gasteiger partial charge in [-0.15, -0.1) is 11.3 Å². The molecule has 0 atom stereocenters. The molecule has 0 saturated heterocycles. The minimum Gasteiger partial charge on any atom is -0.444 e. The van der Waals surface area contributed by atoms with E-state index in [0.717, 1.165) is 27.5 Å². The minimum atomic E-state index is 0.644. The van der Waals surface area contributed by atoms with Crippen LogP contribution < -0.4 is 5.32 Å². The molecule has 0 aromatic carbocycles. The third kappa shape index (κ3) is 3.01. The number of rotatable bonds is 5. The van der Waals surface area contributed by atoms with Gasteiger partial charge in [0.05, 0.1) is 16.3 Å². The van der Waals surface area contributed by atoms with Crippen LogP contribution in [0.15, 0.2) is 46.7 Å². The zero-order valence-corrected chi connectivity index (χ0v) is 13.4. The second-order valence-electron chi connectivity index (χ2n) is 5.28. The summed E-state index contributed by atoms with van der Waals surface area (Å²) < 4.78 is 7.31. The molecule has 0 spiro atoms. The quantitative estimate of drug-likeness (QED) is 0.611. The van der Waals surface area contributed by atoms with Gasteiger partial charge in [0.1, 0.15) is 6.26 Å². The lowest BCUT2D eigenvalue weighted by Gasteiger charge is -2.02. The summed E-state index contributed by atoms with van der Waals surface area (Å²) in [5.74, 6) is 0.673. The Balaban J connectivity index is 1.39. The fourth-order valence-electron chi connectivity index (χ4n) is 2.36. The van der Waals surface area contributed by atoms with Gasteiger partial charge < -0.3 is 9.73 Å². The van der Waals surface area contributed by atoms with Crippen molar-refractivity contribution in [3.63, 3.8) is 0 Å². The summed E-state index contributed by atoms with van der Waals surface area (Å²) in [6.07, 6.45) is 5.55. The number of aryl methyl sites for hydroxylation is 1. The zero-order valence-electron chi connectivity index (χ0n) is 12.6. The number of hydrogen-bond acceptors (Lipinski definition) is 6. The van der Waals surface area contributed by atoms with Gasteiger partial charge in [0.2, 0.25) is 5.89 Å². The molecular formula is C16H15N5OS. The van der Waals surface area contributed by atoms with Crippen LogP contribution in [0, 0.1) is 6.92 Å². The van der Waals surface area contributed by atoms with E-state index in [1.54, 1.807) is 22.1 Å². The van der Waals surface area contributed by atoms with E-state index < -0.39 is 0 Å². The molecule has 0 unspecified atom stereocenters. The average Bonchev–Trinajstić information content (AvgIpc) is 3.26. The van der Waals surface area contributed by atoms with E-state index in [1.165, 1.54) is 0 Å². The Morgan fingerprint density at radius 2 is 2.30 bits per heavy atom. The normalized spacial score (nSPS) is 11.3. The summed E-state index contributed by atoms with van der Waals surface area (Å²) in [4.78, 5) is 9.92. The molecule has 0 aliphatic carbocycles. The number of aromatic nitrogens is 4. The van der Waals surface area contributed by atoms with Crippen LogP contribution >= 0.6 is 11.3 Å². The van der Waals surface area contributed by atoms with Crippen LogP contribution in [0.1, 0.15) is 17.0 Å². The van der Waals surface area contributed by atoms with E-state index in [9.17, 15) is 0 Å². The molecule has 6 nitrogen and oxygen atoms in total. The molecule has 0 amide bonds. The number of nitrogens with zero attached hydrogens (tertiary/aromatic N) is 4. The standard InChI is InChI=1S/C16H15N5OS/c1-11-5-15-18-7-12(9-21(15)20-11)6-17-8-13-10-22-16(19-13)14-3-2-4-23-14/h2-5,7,9-10,17H,6,8H2,1H3. The molecule has 7 heteroatoms. The molecule has 4 rings (SSSR count). The van der Waals surface area contributed by atoms with Gasteiger partial charge in [-0.3, -0.25) is 0 Å². The second kappa shape index (κ2) is 5.94. The van der Waals surface area contributed by atoms with Crippen LogP contribution in [-0.2, 0) is 13.1 Å². The van der Waals surface area contributed by atoms with E-state index in [2.05, 4.69) is 20.4 Å². The van der Waals surface area contributed by atoms with Crippen LogP contribution in [-0.4, -0.2) is 19.6 Å². The fourth-order valence-corrected chi connectivity index (χ4v) is 3.02. The third-order valence-electron chi connectivity index (χ3n) is 3.41. The Morgan fingerprint density at radius 3 is 3.17 bits per heavy atom. The van der Waals surface area contributed by atoms with Crippen molar-refractivity contribution in [3.8, 4) is 10.8 Å². The van der Waals surface area contributed by atoms with Gasteiger partial charge in [0.25, 0.3) is 0 Å². The summed E-state index contributed by atoms with van der Waals surface area (Å²) in [6, 6.07) is 5.95. The first-order valence-electron chi connectivity index (χ1n) is 7.28. The first-order chi connectivity index (χ1) is 11.3. The Morgan fingerprint density at radius 1 is 1.35 bits per heavy atom. The molecule has 4 heterocycles.